The van der Waals surface area contributed by atoms with E-state index < -0.39 is 9.84 Å². The van der Waals surface area contributed by atoms with Crippen molar-refractivity contribution in [2.24, 2.45) is 5.73 Å². The van der Waals surface area contributed by atoms with Crippen LogP contribution in [-0.4, -0.2) is 21.2 Å². The van der Waals surface area contributed by atoms with Crippen molar-refractivity contribution in [2.75, 3.05) is 18.1 Å². The minimum absolute atomic E-state index is 0. The molecule has 0 saturated carbocycles. The van der Waals surface area contributed by atoms with Crippen LogP contribution >= 0.6 is 12.4 Å². The van der Waals surface area contributed by atoms with Crippen LogP contribution in [0.4, 0.5) is 5.69 Å². The number of hydrogen-bond donors (Lipinski definition) is 2. The van der Waals surface area contributed by atoms with Gasteiger partial charge in [0.15, 0.2) is 9.84 Å². The first-order valence-electron chi connectivity index (χ1n) is 4.78. The molecular weight excluding hydrogens is 248 g/mol. The summed E-state index contributed by atoms with van der Waals surface area (Å²) in [4.78, 5) is 0.338. The Kier molecular flexibility index (Phi) is 5.78. The molecule has 16 heavy (non-hydrogen) atoms. The van der Waals surface area contributed by atoms with E-state index in [9.17, 15) is 8.42 Å². The molecule has 3 N–H and O–H groups in total. The maximum absolute atomic E-state index is 11.7. The Balaban J connectivity index is 0.00000225. The van der Waals surface area contributed by atoms with Gasteiger partial charge in [0.05, 0.1) is 16.3 Å². The maximum Gasteiger partial charge on any atom is 0.180 e. The first kappa shape index (κ1) is 15.2. The summed E-state index contributed by atoms with van der Waals surface area (Å²) in [5, 5.41) is 2.88. The lowest BCUT2D eigenvalue weighted by Crippen LogP contribution is -2.08. The summed E-state index contributed by atoms with van der Waals surface area (Å²) in [6.45, 7) is 2.03. The van der Waals surface area contributed by atoms with Gasteiger partial charge in [0.25, 0.3) is 0 Å². The van der Waals surface area contributed by atoms with Gasteiger partial charge in [-0.05, 0) is 17.7 Å². The molecule has 0 radical (unpaired) electrons. The van der Waals surface area contributed by atoms with Gasteiger partial charge in [-0.15, -0.1) is 12.4 Å². The first-order valence-corrected chi connectivity index (χ1v) is 6.44. The molecule has 4 nitrogen and oxygen atoms in total. The fourth-order valence-corrected chi connectivity index (χ4v) is 2.41. The molecule has 0 aromatic heterocycles. The number of nitrogens with one attached hydrogen (secondary N) is 1. The van der Waals surface area contributed by atoms with E-state index >= 15 is 0 Å². The number of benzene rings is 1. The van der Waals surface area contributed by atoms with Crippen molar-refractivity contribution in [3.8, 4) is 0 Å². The van der Waals surface area contributed by atoms with Crippen molar-refractivity contribution in [1.29, 1.82) is 0 Å². The fraction of sp³-hybridized carbons (Fsp3) is 0.400. The van der Waals surface area contributed by atoms with Crippen LogP contribution in [0.5, 0.6) is 0 Å². The van der Waals surface area contributed by atoms with Gasteiger partial charge in [-0.2, -0.15) is 0 Å². The molecule has 0 bridgehead atoms. The Morgan fingerprint density at radius 1 is 1.38 bits per heavy atom. The van der Waals surface area contributed by atoms with Crippen LogP contribution in [0.25, 0.3) is 0 Å². The van der Waals surface area contributed by atoms with Crippen molar-refractivity contribution in [3.05, 3.63) is 23.8 Å². The molecular formula is C10H17ClN2O2S. The van der Waals surface area contributed by atoms with Crippen molar-refractivity contribution in [2.45, 2.75) is 18.4 Å². The van der Waals surface area contributed by atoms with Gasteiger partial charge >= 0.3 is 0 Å². The van der Waals surface area contributed by atoms with Gasteiger partial charge in [-0.1, -0.05) is 13.0 Å². The topological polar surface area (TPSA) is 72.2 Å². The van der Waals surface area contributed by atoms with E-state index in [4.69, 9.17) is 5.73 Å². The number of halogens is 1. The molecule has 0 aliphatic carbocycles. The molecule has 1 aromatic rings. The minimum Gasteiger partial charge on any atom is -0.387 e. The van der Waals surface area contributed by atoms with E-state index in [1.54, 1.807) is 32.2 Å². The average Bonchev–Trinajstić information content (AvgIpc) is 2.28. The number of nitrogens with two attached hydrogens (primary N) is 1. The number of anilines is 1. The molecule has 0 aliphatic rings. The van der Waals surface area contributed by atoms with Crippen LogP contribution in [0.2, 0.25) is 0 Å². The first-order chi connectivity index (χ1) is 7.05. The highest BCUT2D eigenvalue weighted by molar-refractivity contribution is 7.91. The third-order valence-electron chi connectivity index (χ3n) is 2.26. The monoisotopic (exact) mass is 264 g/mol. The SMILES string of the molecule is CCS(=O)(=O)c1ccc(CN)cc1NC.Cl. The Hall–Kier alpha value is -0.780. The largest absolute Gasteiger partial charge is 0.387 e. The second-order valence-corrected chi connectivity index (χ2v) is 5.43. The van der Waals surface area contributed by atoms with Crippen molar-refractivity contribution < 1.29 is 8.42 Å². The molecule has 0 fully saturated rings. The predicted molar refractivity (Wildman–Crippen MR) is 68.9 cm³/mol. The smallest absolute Gasteiger partial charge is 0.180 e. The minimum atomic E-state index is -3.17. The summed E-state index contributed by atoms with van der Waals surface area (Å²) < 4.78 is 23.4. The predicted octanol–water partition coefficient (Wildman–Crippen LogP) is 1.40. The van der Waals surface area contributed by atoms with E-state index in [1.807, 2.05) is 0 Å². The van der Waals surface area contributed by atoms with E-state index in [0.29, 0.717) is 17.1 Å². The highest BCUT2D eigenvalue weighted by Gasteiger charge is 2.15. The second kappa shape index (κ2) is 6.08. The highest BCUT2D eigenvalue weighted by Crippen LogP contribution is 2.23. The zero-order valence-electron chi connectivity index (χ0n) is 9.36. The molecule has 0 saturated heterocycles. The molecule has 1 aromatic carbocycles. The second-order valence-electron chi connectivity index (χ2n) is 3.19. The van der Waals surface area contributed by atoms with E-state index in [0.717, 1.165) is 5.56 Å². The van der Waals surface area contributed by atoms with Crippen molar-refractivity contribution in [1.82, 2.24) is 0 Å². The third-order valence-corrected chi connectivity index (χ3v) is 4.05. The normalized spacial score (nSPS) is 10.7. The van der Waals surface area contributed by atoms with Crippen molar-refractivity contribution in [3.63, 3.8) is 0 Å². The van der Waals surface area contributed by atoms with Crippen LogP contribution in [-0.2, 0) is 16.4 Å². The van der Waals surface area contributed by atoms with Gasteiger partial charge in [0.2, 0.25) is 0 Å². The number of hydrogen-bond acceptors (Lipinski definition) is 4. The summed E-state index contributed by atoms with van der Waals surface area (Å²) in [7, 11) is -1.47. The summed E-state index contributed by atoms with van der Waals surface area (Å²) in [6, 6.07) is 5.11. The molecule has 92 valence electrons. The third kappa shape index (κ3) is 3.10. The molecule has 6 heteroatoms. The van der Waals surface area contributed by atoms with E-state index in [1.165, 1.54) is 0 Å². The molecule has 0 atom stereocenters. The maximum atomic E-state index is 11.7. The van der Waals surface area contributed by atoms with E-state index in [2.05, 4.69) is 5.32 Å². The zero-order valence-corrected chi connectivity index (χ0v) is 11.0. The standard InChI is InChI=1S/C10H16N2O2S.ClH/c1-3-15(13,14)10-5-4-8(7-11)6-9(10)12-2;/h4-6,12H,3,7,11H2,1-2H3;1H. The quantitative estimate of drug-likeness (QED) is 0.862. The van der Waals surface area contributed by atoms with Crippen LogP contribution in [0.3, 0.4) is 0 Å². The summed E-state index contributed by atoms with van der Waals surface area (Å²) >= 11 is 0. The van der Waals surface area contributed by atoms with Gasteiger partial charge in [0.1, 0.15) is 0 Å². The van der Waals surface area contributed by atoms with Crippen LogP contribution in [0, 0.1) is 0 Å². The summed E-state index contributed by atoms with van der Waals surface area (Å²) in [5.74, 6) is 0.101. The molecule has 0 aliphatic heterocycles. The Bertz CT molecular complexity index is 446. The summed E-state index contributed by atoms with van der Waals surface area (Å²) in [6.07, 6.45) is 0. The molecule has 0 spiro atoms. The van der Waals surface area contributed by atoms with Gasteiger partial charge in [-0.3, -0.25) is 0 Å². The van der Waals surface area contributed by atoms with Gasteiger partial charge in [-0.25, -0.2) is 8.42 Å². The Morgan fingerprint density at radius 2 is 2.00 bits per heavy atom. The Labute approximate surface area is 103 Å². The summed E-state index contributed by atoms with van der Waals surface area (Å²) in [5.41, 5.74) is 7.01. The van der Waals surface area contributed by atoms with Gasteiger partial charge in [0, 0.05) is 13.6 Å². The fourth-order valence-electron chi connectivity index (χ4n) is 1.33. The highest BCUT2D eigenvalue weighted by atomic mass is 35.5. The molecule has 0 heterocycles. The zero-order chi connectivity index (χ0) is 11.5. The van der Waals surface area contributed by atoms with Crippen LogP contribution < -0.4 is 11.1 Å². The van der Waals surface area contributed by atoms with E-state index in [-0.39, 0.29) is 18.2 Å². The lowest BCUT2D eigenvalue weighted by molar-refractivity contribution is 0.597. The van der Waals surface area contributed by atoms with Crippen LogP contribution in [0.1, 0.15) is 12.5 Å². The number of sulfone groups is 1. The Morgan fingerprint density at radius 3 is 2.44 bits per heavy atom. The number of rotatable bonds is 4. The lowest BCUT2D eigenvalue weighted by atomic mass is 10.2. The molecule has 1 rings (SSSR count). The molecule has 0 amide bonds. The van der Waals surface area contributed by atoms with Crippen LogP contribution in [0.15, 0.2) is 23.1 Å². The average molecular weight is 265 g/mol. The lowest BCUT2D eigenvalue weighted by Gasteiger charge is -2.10. The van der Waals surface area contributed by atoms with Crippen molar-refractivity contribution >= 4 is 27.9 Å². The molecule has 0 unspecified atom stereocenters. The van der Waals surface area contributed by atoms with Gasteiger partial charge < -0.3 is 11.1 Å².